The highest BCUT2D eigenvalue weighted by atomic mass is 16.1. The number of pyridine rings is 1. The Balaban J connectivity index is 2.22. The van der Waals surface area contributed by atoms with E-state index in [1.165, 1.54) is 6.08 Å². The van der Waals surface area contributed by atoms with Gasteiger partial charge in [0.15, 0.2) is 5.78 Å². The molecule has 0 atom stereocenters. The average Bonchev–Trinajstić information content (AvgIpc) is 2.39. The Labute approximate surface area is 99.8 Å². The van der Waals surface area contributed by atoms with Crippen LogP contribution >= 0.6 is 0 Å². The quantitative estimate of drug-likeness (QED) is 0.640. The van der Waals surface area contributed by atoms with E-state index in [2.05, 4.69) is 16.9 Å². The first-order valence-corrected chi connectivity index (χ1v) is 5.23. The zero-order valence-electron chi connectivity index (χ0n) is 9.26. The summed E-state index contributed by atoms with van der Waals surface area (Å²) < 4.78 is 0. The van der Waals surface area contributed by atoms with Gasteiger partial charge >= 0.3 is 0 Å². The second-order valence-corrected chi connectivity index (χ2v) is 3.52. The molecule has 2 rings (SSSR count). The van der Waals surface area contributed by atoms with E-state index in [9.17, 15) is 4.79 Å². The summed E-state index contributed by atoms with van der Waals surface area (Å²) >= 11 is 0. The maximum Gasteiger partial charge on any atom is 0.185 e. The van der Waals surface area contributed by atoms with Gasteiger partial charge in [-0.2, -0.15) is 0 Å². The molecule has 17 heavy (non-hydrogen) atoms. The SMILES string of the molecule is C=CC(=O)c1cccc(Nc2cccnc2)c1. The summed E-state index contributed by atoms with van der Waals surface area (Å²) in [5.41, 5.74) is 2.36. The average molecular weight is 224 g/mol. The lowest BCUT2D eigenvalue weighted by molar-refractivity contribution is 0.104. The van der Waals surface area contributed by atoms with Gasteiger partial charge in [0.25, 0.3) is 0 Å². The summed E-state index contributed by atoms with van der Waals surface area (Å²) in [6.45, 7) is 3.47. The van der Waals surface area contributed by atoms with Crippen molar-refractivity contribution in [3.63, 3.8) is 0 Å². The summed E-state index contributed by atoms with van der Waals surface area (Å²) in [4.78, 5) is 15.5. The molecule has 1 aromatic heterocycles. The number of ketones is 1. The highest BCUT2D eigenvalue weighted by molar-refractivity contribution is 6.04. The number of hydrogen-bond acceptors (Lipinski definition) is 3. The van der Waals surface area contributed by atoms with Crippen LogP contribution in [0.5, 0.6) is 0 Å². The van der Waals surface area contributed by atoms with Crippen LogP contribution in [0.15, 0.2) is 61.4 Å². The lowest BCUT2D eigenvalue weighted by atomic mass is 10.1. The molecule has 0 aliphatic rings. The van der Waals surface area contributed by atoms with Crippen molar-refractivity contribution in [1.82, 2.24) is 4.98 Å². The molecule has 3 nitrogen and oxygen atoms in total. The molecule has 0 unspecified atom stereocenters. The van der Waals surface area contributed by atoms with Gasteiger partial charge in [-0.1, -0.05) is 18.7 Å². The Hall–Kier alpha value is -2.42. The summed E-state index contributed by atoms with van der Waals surface area (Å²) in [6.07, 6.45) is 4.74. The maximum absolute atomic E-state index is 11.5. The first kappa shape index (κ1) is 11.1. The number of carbonyl (C=O) groups excluding carboxylic acids is 1. The third kappa shape index (κ3) is 2.78. The minimum absolute atomic E-state index is 0.0835. The minimum Gasteiger partial charge on any atom is -0.354 e. The molecular weight excluding hydrogens is 212 g/mol. The third-order valence-corrected chi connectivity index (χ3v) is 2.28. The number of aromatic nitrogens is 1. The van der Waals surface area contributed by atoms with Crippen molar-refractivity contribution in [3.8, 4) is 0 Å². The van der Waals surface area contributed by atoms with Crippen molar-refractivity contribution < 1.29 is 4.79 Å². The highest BCUT2D eigenvalue weighted by Crippen LogP contribution is 2.16. The number of rotatable bonds is 4. The Bertz CT molecular complexity index is 535. The third-order valence-electron chi connectivity index (χ3n) is 2.28. The summed E-state index contributed by atoms with van der Waals surface area (Å²) in [5.74, 6) is -0.0835. The number of benzene rings is 1. The molecule has 1 aromatic carbocycles. The van der Waals surface area contributed by atoms with Crippen LogP contribution in [0.1, 0.15) is 10.4 Å². The van der Waals surface area contributed by atoms with Crippen LogP contribution in [0, 0.1) is 0 Å². The van der Waals surface area contributed by atoms with E-state index in [1.807, 2.05) is 24.3 Å². The fourth-order valence-corrected chi connectivity index (χ4v) is 1.47. The van der Waals surface area contributed by atoms with E-state index in [-0.39, 0.29) is 5.78 Å². The van der Waals surface area contributed by atoms with Gasteiger partial charge in [0.1, 0.15) is 0 Å². The van der Waals surface area contributed by atoms with Crippen LogP contribution in [0.2, 0.25) is 0 Å². The van der Waals surface area contributed by atoms with Crippen LogP contribution in [0.4, 0.5) is 11.4 Å². The van der Waals surface area contributed by atoms with E-state index >= 15 is 0 Å². The predicted octanol–water partition coefficient (Wildman–Crippen LogP) is 3.19. The van der Waals surface area contributed by atoms with Gasteiger partial charge in [-0.05, 0) is 30.3 Å². The van der Waals surface area contributed by atoms with Crippen LogP contribution in [0.25, 0.3) is 0 Å². The number of hydrogen-bond donors (Lipinski definition) is 1. The number of allylic oxidation sites excluding steroid dienone is 1. The number of anilines is 2. The molecule has 0 saturated carbocycles. The normalized spacial score (nSPS) is 9.65. The molecule has 0 spiro atoms. The number of carbonyl (C=O) groups is 1. The van der Waals surface area contributed by atoms with Crippen molar-refractivity contribution in [1.29, 1.82) is 0 Å². The molecule has 1 N–H and O–H groups in total. The van der Waals surface area contributed by atoms with Crippen molar-refractivity contribution >= 4 is 17.2 Å². The number of nitrogens with zero attached hydrogens (tertiary/aromatic N) is 1. The molecule has 3 heteroatoms. The van der Waals surface area contributed by atoms with Crippen LogP contribution in [-0.4, -0.2) is 10.8 Å². The first-order chi connectivity index (χ1) is 8.29. The smallest absolute Gasteiger partial charge is 0.185 e. The van der Waals surface area contributed by atoms with Gasteiger partial charge in [-0.15, -0.1) is 0 Å². The molecular formula is C14H12N2O. The lowest BCUT2D eigenvalue weighted by Gasteiger charge is -2.06. The van der Waals surface area contributed by atoms with Gasteiger partial charge in [0, 0.05) is 17.4 Å². The topological polar surface area (TPSA) is 42.0 Å². The van der Waals surface area contributed by atoms with Gasteiger partial charge < -0.3 is 5.32 Å². The molecule has 0 bridgehead atoms. The molecule has 1 heterocycles. The second kappa shape index (κ2) is 5.07. The molecule has 0 aliphatic carbocycles. The van der Waals surface area contributed by atoms with Crippen LogP contribution < -0.4 is 5.32 Å². The maximum atomic E-state index is 11.5. The van der Waals surface area contributed by atoms with Gasteiger partial charge in [0.2, 0.25) is 0 Å². The lowest BCUT2D eigenvalue weighted by Crippen LogP contribution is -1.96. The summed E-state index contributed by atoms with van der Waals surface area (Å²) in [6, 6.07) is 11.0. The zero-order valence-corrected chi connectivity index (χ0v) is 9.26. The molecule has 0 radical (unpaired) electrons. The van der Waals surface area contributed by atoms with Crippen molar-refractivity contribution in [3.05, 3.63) is 67.0 Å². The standard InChI is InChI=1S/C14H12N2O/c1-2-14(17)11-5-3-6-12(9-11)16-13-7-4-8-15-10-13/h2-10,16H,1H2. The highest BCUT2D eigenvalue weighted by Gasteiger charge is 2.02. The molecule has 0 aliphatic heterocycles. The van der Waals surface area contributed by atoms with E-state index in [0.29, 0.717) is 5.56 Å². The molecule has 0 fully saturated rings. The minimum atomic E-state index is -0.0835. The van der Waals surface area contributed by atoms with Gasteiger partial charge in [-0.25, -0.2) is 0 Å². The Morgan fingerprint density at radius 3 is 2.76 bits per heavy atom. The van der Waals surface area contributed by atoms with E-state index < -0.39 is 0 Å². The first-order valence-electron chi connectivity index (χ1n) is 5.23. The Morgan fingerprint density at radius 1 is 1.24 bits per heavy atom. The zero-order chi connectivity index (χ0) is 12.1. The largest absolute Gasteiger partial charge is 0.354 e. The number of nitrogens with one attached hydrogen (secondary N) is 1. The van der Waals surface area contributed by atoms with Gasteiger partial charge in [-0.3, -0.25) is 9.78 Å². The van der Waals surface area contributed by atoms with E-state index in [1.54, 1.807) is 24.5 Å². The summed E-state index contributed by atoms with van der Waals surface area (Å²) in [7, 11) is 0. The van der Waals surface area contributed by atoms with E-state index in [0.717, 1.165) is 11.4 Å². The van der Waals surface area contributed by atoms with Crippen molar-refractivity contribution in [2.24, 2.45) is 0 Å². The Kier molecular flexibility index (Phi) is 3.31. The van der Waals surface area contributed by atoms with E-state index in [4.69, 9.17) is 0 Å². The van der Waals surface area contributed by atoms with Gasteiger partial charge in [0.05, 0.1) is 11.9 Å². The van der Waals surface area contributed by atoms with Crippen molar-refractivity contribution in [2.75, 3.05) is 5.32 Å². The molecule has 2 aromatic rings. The van der Waals surface area contributed by atoms with Crippen LogP contribution in [0.3, 0.4) is 0 Å². The fraction of sp³-hybridized carbons (Fsp3) is 0. The summed E-state index contributed by atoms with van der Waals surface area (Å²) in [5, 5.41) is 3.17. The second-order valence-electron chi connectivity index (χ2n) is 3.52. The van der Waals surface area contributed by atoms with Crippen molar-refractivity contribution in [2.45, 2.75) is 0 Å². The monoisotopic (exact) mass is 224 g/mol. The molecule has 0 amide bonds. The molecule has 84 valence electrons. The Morgan fingerprint density at radius 2 is 2.06 bits per heavy atom. The predicted molar refractivity (Wildman–Crippen MR) is 68.5 cm³/mol. The fourth-order valence-electron chi connectivity index (χ4n) is 1.47. The molecule has 0 saturated heterocycles. The van der Waals surface area contributed by atoms with Crippen LogP contribution in [-0.2, 0) is 0 Å².